The third-order valence-corrected chi connectivity index (χ3v) is 6.41. The van der Waals surface area contributed by atoms with Gasteiger partial charge in [0.15, 0.2) is 0 Å². The summed E-state index contributed by atoms with van der Waals surface area (Å²) in [5, 5.41) is 6.22. The SMILES string of the molecule is CCOC(=O)C1CCN(CC(=O)N2N=C(c3ccc(F)cc3)C[C@H]2c2ccc(OC)cc2)CC1. The number of hydrogen-bond donors (Lipinski definition) is 0. The number of rotatable bonds is 7. The molecule has 1 amide bonds. The van der Waals surface area contributed by atoms with Crippen LogP contribution in [0.1, 0.15) is 43.4 Å². The molecule has 2 aliphatic heterocycles. The van der Waals surface area contributed by atoms with Crippen LogP contribution in [0.4, 0.5) is 4.39 Å². The molecule has 2 aromatic carbocycles. The molecule has 0 saturated carbocycles. The van der Waals surface area contributed by atoms with Crippen LogP contribution in [0.2, 0.25) is 0 Å². The van der Waals surface area contributed by atoms with E-state index in [0.29, 0.717) is 39.0 Å². The van der Waals surface area contributed by atoms with Crippen LogP contribution >= 0.6 is 0 Å². The Bertz CT molecular complexity index is 1030. The van der Waals surface area contributed by atoms with Crippen LogP contribution in [0.5, 0.6) is 5.75 Å². The summed E-state index contributed by atoms with van der Waals surface area (Å²) in [6.45, 7) is 3.73. The van der Waals surface area contributed by atoms with Crippen LogP contribution < -0.4 is 4.74 Å². The Morgan fingerprint density at radius 2 is 1.74 bits per heavy atom. The molecule has 0 unspecified atom stereocenters. The molecule has 0 aliphatic carbocycles. The fourth-order valence-electron chi connectivity index (χ4n) is 4.49. The van der Waals surface area contributed by atoms with E-state index >= 15 is 0 Å². The molecule has 2 aromatic rings. The summed E-state index contributed by atoms with van der Waals surface area (Å²) in [4.78, 5) is 27.4. The zero-order chi connectivity index (χ0) is 24.1. The highest BCUT2D eigenvalue weighted by atomic mass is 19.1. The molecule has 0 bridgehead atoms. The molecule has 8 heteroatoms. The molecule has 4 rings (SSSR count). The van der Waals surface area contributed by atoms with Gasteiger partial charge in [0.25, 0.3) is 5.91 Å². The quantitative estimate of drug-likeness (QED) is 0.580. The van der Waals surface area contributed by atoms with Crippen LogP contribution in [0.15, 0.2) is 53.6 Å². The summed E-state index contributed by atoms with van der Waals surface area (Å²) in [7, 11) is 1.61. The summed E-state index contributed by atoms with van der Waals surface area (Å²) in [6, 6.07) is 13.5. The largest absolute Gasteiger partial charge is 0.497 e. The minimum absolute atomic E-state index is 0.103. The predicted molar refractivity (Wildman–Crippen MR) is 126 cm³/mol. The Kier molecular flexibility index (Phi) is 7.57. The Labute approximate surface area is 199 Å². The van der Waals surface area contributed by atoms with E-state index in [2.05, 4.69) is 10.0 Å². The van der Waals surface area contributed by atoms with Crippen molar-refractivity contribution >= 4 is 17.6 Å². The molecule has 34 heavy (non-hydrogen) atoms. The highest BCUT2D eigenvalue weighted by Gasteiger charge is 2.35. The van der Waals surface area contributed by atoms with E-state index in [1.165, 1.54) is 12.1 Å². The lowest BCUT2D eigenvalue weighted by atomic mass is 9.97. The van der Waals surface area contributed by atoms with Gasteiger partial charge in [0.05, 0.1) is 37.9 Å². The van der Waals surface area contributed by atoms with Crippen LogP contribution in [-0.4, -0.2) is 60.8 Å². The molecule has 0 spiro atoms. The fourth-order valence-corrected chi connectivity index (χ4v) is 4.49. The summed E-state index contributed by atoms with van der Waals surface area (Å²) < 4.78 is 23.8. The van der Waals surface area contributed by atoms with Gasteiger partial charge in [-0.25, -0.2) is 9.40 Å². The molecule has 0 radical (unpaired) electrons. The number of likely N-dealkylation sites (tertiary alicyclic amines) is 1. The number of carbonyl (C=O) groups is 2. The number of benzene rings is 2. The van der Waals surface area contributed by atoms with Crippen molar-refractivity contribution in [3.63, 3.8) is 0 Å². The van der Waals surface area contributed by atoms with Gasteiger partial charge in [0, 0.05) is 6.42 Å². The Hall–Kier alpha value is -3.26. The van der Waals surface area contributed by atoms with Crippen molar-refractivity contribution in [3.8, 4) is 5.75 Å². The Balaban J connectivity index is 1.49. The van der Waals surface area contributed by atoms with Crippen molar-refractivity contribution < 1.29 is 23.5 Å². The van der Waals surface area contributed by atoms with Gasteiger partial charge in [-0.15, -0.1) is 0 Å². The zero-order valence-electron chi connectivity index (χ0n) is 19.6. The molecule has 2 aliphatic rings. The normalized spacial score (nSPS) is 19.1. The molecule has 7 nitrogen and oxygen atoms in total. The van der Waals surface area contributed by atoms with Gasteiger partial charge >= 0.3 is 5.97 Å². The van der Waals surface area contributed by atoms with Crippen LogP contribution in [0.25, 0.3) is 0 Å². The molecule has 180 valence electrons. The maximum absolute atomic E-state index is 13.4. The van der Waals surface area contributed by atoms with Crippen molar-refractivity contribution in [2.75, 3.05) is 33.4 Å². The number of esters is 1. The highest BCUT2D eigenvalue weighted by molar-refractivity contribution is 6.03. The average Bonchev–Trinajstić information content (AvgIpc) is 3.31. The van der Waals surface area contributed by atoms with Gasteiger partial charge in [-0.1, -0.05) is 24.3 Å². The van der Waals surface area contributed by atoms with Crippen molar-refractivity contribution in [1.29, 1.82) is 0 Å². The van der Waals surface area contributed by atoms with E-state index < -0.39 is 0 Å². The molecule has 1 atom stereocenters. The van der Waals surface area contributed by atoms with E-state index in [1.54, 1.807) is 24.3 Å². The summed E-state index contributed by atoms with van der Waals surface area (Å²) >= 11 is 0. The van der Waals surface area contributed by atoms with Crippen LogP contribution in [-0.2, 0) is 14.3 Å². The third kappa shape index (κ3) is 5.44. The molecule has 1 saturated heterocycles. The van der Waals surface area contributed by atoms with E-state index in [-0.39, 0.29) is 36.2 Å². The molecule has 0 N–H and O–H groups in total. The lowest BCUT2D eigenvalue weighted by Gasteiger charge is -2.32. The van der Waals surface area contributed by atoms with Gasteiger partial charge in [-0.3, -0.25) is 14.5 Å². The van der Waals surface area contributed by atoms with Gasteiger partial charge < -0.3 is 9.47 Å². The van der Waals surface area contributed by atoms with Crippen molar-refractivity contribution in [2.24, 2.45) is 11.0 Å². The second-order valence-electron chi connectivity index (χ2n) is 8.59. The smallest absolute Gasteiger partial charge is 0.309 e. The number of carbonyl (C=O) groups excluding carboxylic acids is 2. The highest BCUT2D eigenvalue weighted by Crippen LogP contribution is 2.34. The molecule has 2 heterocycles. The number of amides is 1. The second-order valence-corrected chi connectivity index (χ2v) is 8.59. The summed E-state index contributed by atoms with van der Waals surface area (Å²) in [5.41, 5.74) is 2.50. The lowest BCUT2D eigenvalue weighted by molar-refractivity contribution is -0.149. The van der Waals surface area contributed by atoms with Gasteiger partial charge in [-0.2, -0.15) is 5.10 Å². The number of nitrogens with zero attached hydrogens (tertiary/aromatic N) is 3. The van der Waals surface area contributed by atoms with Crippen LogP contribution in [0, 0.1) is 11.7 Å². The minimum atomic E-state index is -0.312. The van der Waals surface area contributed by atoms with E-state index in [4.69, 9.17) is 9.47 Å². The third-order valence-electron chi connectivity index (χ3n) is 6.41. The molecule has 0 aromatic heterocycles. The van der Waals surface area contributed by atoms with E-state index in [0.717, 1.165) is 22.6 Å². The van der Waals surface area contributed by atoms with Crippen molar-refractivity contribution in [3.05, 3.63) is 65.5 Å². The van der Waals surface area contributed by atoms with Crippen molar-refractivity contribution in [1.82, 2.24) is 9.91 Å². The first-order valence-corrected chi connectivity index (χ1v) is 11.7. The molecular formula is C26H30FN3O4. The fraction of sp³-hybridized carbons (Fsp3) is 0.423. The Morgan fingerprint density at radius 1 is 1.06 bits per heavy atom. The van der Waals surface area contributed by atoms with Gasteiger partial charge in [0.1, 0.15) is 11.6 Å². The number of methoxy groups -OCH3 is 1. The Morgan fingerprint density at radius 3 is 2.35 bits per heavy atom. The molecule has 1 fully saturated rings. The number of ether oxygens (including phenoxy) is 2. The average molecular weight is 468 g/mol. The van der Waals surface area contributed by atoms with Crippen molar-refractivity contribution in [2.45, 2.75) is 32.2 Å². The van der Waals surface area contributed by atoms with Gasteiger partial charge in [-0.05, 0) is 68.2 Å². The monoisotopic (exact) mass is 467 g/mol. The number of hydrazone groups is 1. The maximum Gasteiger partial charge on any atom is 0.309 e. The summed E-state index contributed by atoms with van der Waals surface area (Å²) in [5.74, 6) is 0.0684. The predicted octanol–water partition coefficient (Wildman–Crippen LogP) is 3.79. The topological polar surface area (TPSA) is 71.4 Å². The maximum atomic E-state index is 13.4. The first-order valence-electron chi connectivity index (χ1n) is 11.7. The second kappa shape index (κ2) is 10.8. The number of hydrogen-bond acceptors (Lipinski definition) is 6. The number of halogens is 1. The first-order chi connectivity index (χ1) is 16.5. The van der Waals surface area contributed by atoms with Gasteiger partial charge in [0.2, 0.25) is 0 Å². The summed E-state index contributed by atoms with van der Waals surface area (Å²) in [6.07, 6.45) is 1.89. The first kappa shape index (κ1) is 23.9. The molecular weight excluding hydrogens is 437 g/mol. The van der Waals surface area contributed by atoms with E-state index in [1.807, 2.05) is 31.2 Å². The lowest BCUT2D eigenvalue weighted by Crippen LogP contribution is -2.43. The van der Waals surface area contributed by atoms with Crippen LogP contribution in [0.3, 0.4) is 0 Å². The minimum Gasteiger partial charge on any atom is -0.497 e. The van der Waals surface area contributed by atoms with E-state index in [9.17, 15) is 14.0 Å². The standard InChI is InChI=1S/C26H30FN3O4/c1-3-34-26(32)20-12-14-29(15-13-20)17-25(31)30-24(19-6-10-22(33-2)11-7-19)16-23(28-30)18-4-8-21(27)9-5-18/h4-11,20,24H,3,12-17H2,1-2H3/t24-/m0/s1. The number of piperidine rings is 1. The zero-order valence-corrected chi connectivity index (χ0v) is 19.6.